The van der Waals surface area contributed by atoms with Gasteiger partial charge < -0.3 is 0 Å². The molecular formula is C28H42Cl3O2P. The van der Waals surface area contributed by atoms with E-state index in [2.05, 4.69) is 0 Å². The summed E-state index contributed by atoms with van der Waals surface area (Å²) in [7, 11) is 0. The maximum atomic E-state index is 12.6. The van der Waals surface area contributed by atoms with Crippen molar-refractivity contribution in [2.75, 3.05) is 0 Å². The molecule has 2 rings (SSSR count). The summed E-state index contributed by atoms with van der Waals surface area (Å²) in [4.78, 5) is 25.3. The van der Waals surface area contributed by atoms with Crippen LogP contribution >= 0.6 is 40.9 Å². The van der Waals surface area contributed by atoms with Crippen molar-refractivity contribution in [2.45, 2.75) is 105 Å². The summed E-state index contributed by atoms with van der Waals surface area (Å²) in [5, 5.41) is 1.86. The fourth-order valence-electron chi connectivity index (χ4n) is 4.45. The Labute approximate surface area is 221 Å². The normalized spacial score (nSPS) is 15.3. The van der Waals surface area contributed by atoms with E-state index in [1.54, 1.807) is 0 Å². The third-order valence-corrected chi connectivity index (χ3v) is 10.2. The molecule has 0 atom stereocenters. The Morgan fingerprint density at radius 3 is 0.824 bits per heavy atom. The molecule has 0 heterocycles. The Bertz CT molecular complexity index is 945. The topological polar surface area (TPSA) is 40.5 Å². The van der Waals surface area contributed by atoms with Crippen molar-refractivity contribution in [3.8, 4) is 0 Å². The van der Waals surface area contributed by atoms with Crippen molar-refractivity contribution >= 4 is 51.5 Å². The molecule has 0 unspecified atom stereocenters. The molecule has 2 nitrogen and oxygen atoms in total. The van der Waals surface area contributed by atoms with Crippen LogP contribution in [0.1, 0.15) is 105 Å². The molecule has 0 radical (unpaired) electrons. The Hall–Kier alpha value is -0.340. The third kappa shape index (κ3) is 5.80. The van der Waals surface area contributed by atoms with Crippen molar-refractivity contribution in [3.63, 3.8) is 0 Å². The van der Waals surface area contributed by atoms with Gasteiger partial charge >= 0.3 is 223 Å². The average molecular weight is 548 g/mol. The van der Waals surface area contributed by atoms with Gasteiger partial charge in [-0.2, -0.15) is 0 Å². The zero-order valence-corrected chi connectivity index (χ0v) is 25.9. The molecule has 2 N–H and O–H groups in total. The zero-order chi connectivity index (χ0) is 26.9. The van der Waals surface area contributed by atoms with Crippen molar-refractivity contribution in [1.29, 1.82) is 0 Å². The van der Waals surface area contributed by atoms with Gasteiger partial charge in [0.15, 0.2) is 0 Å². The summed E-state index contributed by atoms with van der Waals surface area (Å²) in [6.07, 6.45) is -5.28. The molecule has 192 valence electrons. The van der Waals surface area contributed by atoms with Gasteiger partial charge in [-0.25, -0.2) is 0 Å². The number of halogens is 3. The zero-order valence-electron chi connectivity index (χ0n) is 22.8. The maximum absolute atomic E-state index is 12.6. The standard InChI is InChI=1S/C28H42Cl3O2P/c1-25(2,3)19-13-17(29)14-20(26(4,5)6)23(19)34(31,32,33)24-21(27(7,8)9)15-18(30)16-22(24)28(10,11)12/h13-16,32-33H,1-12H3. The second kappa shape index (κ2) is 8.61. The first-order valence-electron chi connectivity index (χ1n) is 11.7. The molecule has 0 fully saturated rings. The number of benzene rings is 2. The van der Waals surface area contributed by atoms with Crippen LogP contribution in [0.3, 0.4) is 0 Å². The summed E-state index contributed by atoms with van der Waals surface area (Å²) >= 11 is 20.5. The molecule has 0 saturated carbocycles. The number of rotatable bonds is 2. The van der Waals surface area contributed by atoms with Crippen molar-refractivity contribution in [3.05, 3.63) is 56.6 Å². The van der Waals surface area contributed by atoms with E-state index >= 15 is 0 Å². The van der Waals surface area contributed by atoms with E-state index in [4.69, 9.17) is 34.4 Å². The Morgan fingerprint density at radius 2 is 0.676 bits per heavy atom. The van der Waals surface area contributed by atoms with Crippen LogP contribution in [0.5, 0.6) is 0 Å². The molecule has 0 aliphatic carbocycles. The average Bonchev–Trinajstić information content (AvgIpc) is 2.56. The molecule has 0 aliphatic heterocycles. The van der Waals surface area contributed by atoms with Gasteiger partial charge in [-0.15, -0.1) is 0 Å². The van der Waals surface area contributed by atoms with Crippen LogP contribution in [-0.4, -0.2) is 9.79 Å². The van der Waals surface area contributed by atoms with E-state index in [1.807, 2.05) is 107 Å². The van der Waals surface area contributed by atoms with Gasteiger partial charge in [-0.05, 0) is 0 Å². The van der Waals surface area contributed by atoms with E-state index in [-0.39, 0.29) is 0 Å². The predicted molar refractivity (Wildman–Crippen MR) is 154 cm³/mol. The Morgan fingerprint density at radius 1 is 0.500 bits per heavy atom. The quantitative estimate of drug-likeness (QED) is 0.369. The second-order valence-corrected chi connectivity index (χ2v) is 19.2. The van der Waals surface area contributed by atoms with E-state index in [9.17, 15) is 9.79 Å². The van der Waals surface area contributed by atoms with Gasteiger partial charge in [0.25, 0.3) is 0 Å². The van der Waals surface area contributed by atoms with E-state index in [0.717, 1.165) is 22.3 Å². The van der Waals surface area contributed by atoms with Crippen molar-refractivity contribution < 1.29 is 9.79 Å². The summed E-state index contributed by atoms with van der Waals surface area (Å²) in [6.45, 7) is 24.4. The van der Waals surface area contributed by atoms with Crippen LogP contribution in [-0.2, 0) is 21.7 Å². The van der Waals surface area contributed by atoms with Crippen LogP contribution in [0.4, 0.5) is 0 Å². The monoisotopic (exact) mass is 546 g/mol. The van der Waals surface area contributed by atoms with Gasteiger partial charge in [0, 0.05) is 0 Å². The molecule has 0 saturated heterocycles. The van der Waals surface area contributed by atoms with Gasteiger partial charge in [0.05, 0.1) is 0 Å². The fraction of sp³-hybridized carbons (Fsp3) is 0.571. The Balaban J connectivity index is 3.34. The number of hydrogen-bond donors (Lipinski definition) is 2. The first kappa shape index (κ1) is 29.9. The summed E-state index contributed by atoms with van der Waals surface area (Å²) in [5.41, 5.74) is 1.16. The van der Waals surface area contributed by atoms with E-state index < -0.39 is 28.1 Å². The molecule has 0 aromatic heterocycles. The van der Waals surface area contributed by atoms with Crippen LogP contribution < -0.4 is 10.6 Å². The SMILES string of the molecule is CC(C)(C)c1cc(Cl)cc(C(C)(C)C)c1P(O)(O)(Cl)c1c(C(C)(C)C)cc(Cl)cc1C(C)(C)C. The first-order chi connectivity index (χ1) is 14.8. The minimum atomic E-state index is -5.28. The molecule has 0 bridgehead atoms. The Kier molecular flexibility index (Phi) is 7.57. The third-order valence-electron chi connectivity index (χ3n) is 6.17. The first-order valence-corrected chi connectivity index (χ1v) is 15.5. The van der Waals surface area contributed by atoms with Gasteiger partial charge in [0.1, 0.15) is 0 Å². The fourth-order valence-corrected chi connectivity index (χ4v) is 9.51. The van der Waals surface area contributed by atoms with Crippen LogP contribution in [0.25, 0.3) is 0 Å². The molecule has 0 spiro atoms. The summed E-state index contributed by atoms with van der Waals surface area (Å²) in [6, 6.07) is 7.30. The molecule has 2 aromatic carbocycles. The molecule has 2 aromatic rings. The minimum absolute atomic E-state index is 0.385. The van der Waals surface area contributed by atoms with E-state index in [1.165, 1.54) is 0 Å². The molecular weight excluding hydrogens is 506 g/mol. The second-order valence-electron chi connectivity index (χ2n) is 13.6. The number of hydrogen-bond acceptors (Lipinski definition) is 2. The summed E-state index contributed by atoms with van der Waals surface area (Å²) in [5.74, 6) is 0. The van der Waals surface area contributed by atoms with Crippen LogP contribution in [0, 0.1) is 0 Å². The summed E-state index contributed by atoms with van der Waals surface area (Å²) < 4.78 is 0. The van der Waals surface area contributed by atoms with E-state index in [0.29, 0.717) is 20.7 Å². The van der Waals surface area contributed by atoms with Crippen molar-refractivity contribution in [1.82, 2.24) is 0 Å². The molecule has 6 heteroatoms. The molecule has 34 heavy (non-hydrogen) atoms. The van der Waals surface area contributed by atoms with Gasteiger partial charge in [-0.1, -0.05) is 0 Å². The molecule has 0 amide bonds. The van der Waals surface area contributed by atoms with Crippen molar-refractivity contribution in [2.24, 2.45) is 0 Å². The predicted octanol–water partition coefficient (Wildman–Crippen LogP) is 8.66. The molecule has 0 aliphatic rings. The van der Waals surface area contributed by atoms with Crippen LogP contribution in [0.2, 0.25) is 10.0 Å². The van der Waals surface area contributed by atoms with Gasteiger partial charge in [0.2, 0.25) is 0 Å². The van der Waals surface area contributed by atoms with Gasteiger partial charge in [-0.3, -0.25) is 0 Å². The van der Waals surface area contributed by atoms with Crippen LogP contribution in [0.15, 0.2) is 24.3 Å².